The summed E-state index contributed by atoms with van der Waals surface area (Å²) in [5, 5.41) is 1.26. The number of hydrogen-bond donors (Lipinski definition) is 1. The van der Waals surface area contributed by atoms with E-state index in [-0.39, 0.29) is 6.04 Å². The number of aromatic nitrogens is 2. The normalized spacial score (nSPS) is 19.7. The van der Waals surface area contributed by atoms with Gasteiger partial charge in [0, 0.05) is 48.2 Å². The maximum Gasteiger partial charge on any atom is 0.0726 e. The van der Waals surface area contributed by atoms with E-state index in [1.54, 1.807) is 0 Å². The summed E-state index contributed by atoms with van der Waals surface area (Å²) in [5.74, 6) is 0. The SMILES string of the molecule is N[C@H]1CCN(c2c3c(nc4ccc(-c5cccnc5)cc24)CCCC3)C1. The van der Waals surface area contributed by atoms with Gasteiger partial charge in [-0.3, -0.25) is 9.97 Å². The minimum atomic E-state index is 0.277. The van der Waals surface area contributed by atoms with Gasteiger partial charge in [0.25, 0.3) is 0 Å². The molecule has 0 radical (unpaired) electrons. The second-order valence-electron chi connectivity index (χ2n) is 7.56. The van der Waals surface area contributed by atoms with E-state index < -0.39 is 0 Å². The van der Waals surface area contributed by atoms with Gasteiger partial charge in [-0.2, -0.15) is 0 Å². The van der Waals surface area contributed by atoms with Gasteiger partial charge < -0.3 is 10.6 Å². The lowest BCUT2D eigenvalue weighted by atomic mass is 9.91. The number of nitrogens with zero attached hydrogens (tertiary/aromatic N) is 3. The minimum Gasteiger partial charge on any atom is -0.369 e. The molecule has 0 saturated carbocycles. The van der Waals surface area contributed by atoms with Gasteiger partial charge in [-0.05, 0) is 61.4 Å². The molecule has 4 nitrogen and oxygen atoms in total. The number of aryl methyl sites for hydroxylation is 1. The number of anilines is 1. The number of benzene rings is 1. The van der Waals surface area contributed by atoms with Gasteiger partial charge in [-0.1, -0.05) is 12.1 Å². The fraction of sp³-hybridized carbons (Fsp3) is 0.364. The molecular weight excluding hydrogens is 320 g/mol. The van der Waals surface area contributed by atoms with E-state index in [1.807, 2.05) is 18.5 Å². The molecule has 26 heavy (non-hydrogen) atoms. The molecule has 0 amide bonds. The summed E-state index contributed by atoms with van der Waals surface area (Å²) < 4.78 is 0. The third-order valence-corrected chi connectivity index (χ3v) is 5.77. The largest absolute Gasteiger partial charge is 0.369 e. The molecule has 0 spiro atoms. The van der Waals surface area contributed by atoms with Crippen LogP contribution in [0.25, 0.3) is 22.0 Å². The first-order valence-electron chi connectivity index (χ1n) is 9.66. The first-order chi connectivity index (χ1) is 12.8. The topological polar surface area (TPSA) is 55.0 Å². The summed E-state index contributed by atoms with van der Waals surface area (Å²) in [6.07, 6.45) is 9.56. The molecule has 5 rings (SSSR count). The van der Waals surface area contributed by atoms with E-state index in [0.717, 1.165) is 43.4 Å². The molecule has 2 aromatic heterocycles. The number of hydrogen-bond acceptors (Lipinski definition) is 4. The Morgan fingerprint density at radius 1 is 1.08 bits per heavy atom. The summed E-state index contributed by atoms with van der Waals surface area (Å²) in [4.78, 5) is 11.8. The first kappa shape index (κ1) is 15.8. The molecule has 4 heteroatoms. The van der Waals surface area contributed by atoms with Gasteiger partial charge in [0.05, 0.1) is 11.2 Å². The van der Waals surface area contributed by atoms with Crippen molar-refractivity contribution >= 4 is 16.6 Å². The van der Waals surface area contributed by atoms with Crippen molar-refractivity contribution in [2.45, 2.75) is 38.1 Å². The zero-order valence-electron chi connectivity index (χ0n) is 15.0. The van der Waals surface area contributed by atoms with Crippen LogP contribution in [-0.2, 0) is 12.8 Å². The second kappa shape index (κ2) is 6.36. The lowest BCUT2D eigenvalue weighted by molar-refractivity contribution is 0.668. The monoisotopic (exact) mass is 344 g/mol. The van der Waals surface area contributed by atoms with Crippen LogP contribution in [0.4, 0.5) is 5.69 Å². The van der Waals surface area contributed by atoms with Crippen LogP contribution in [0, 0.1) is 0 Å². The van der Waals surface area contributed by atoms with Gasteiger partial charge >= 0.3 is 0 Å². The minimum absolute atomic E-state index is 0.277. The van der Waals surface area contributed by atoms with Crippen molar-refractivity contribution in [2.24, 2.45) is 5.73 Å². The van der Waals surface area contributed by atoms with Crippen molar-refractivity contribution in [2.75, 3.05) is 18.0 Å². The maximum atomic E-state index is 6.24. The molecule has 132 valence electrons. The van der Waals surface area contributed by atoms with E-state index in [1.165, 1.54) is 40.7 Å². The molecule has 2 N–H and O–H groups in total. The first-order valence-corrected chi connectivity index (χ1v) is 9.66. The van der Waals surface area contributed by atoms with Gasteiger partial charge in [0.15, 0.2) is 0 Å². The van der Waals surface area contributed by atoms with Gasteiger partial charge in [-0.25, -0.2) is 0 Å². The molecular formula is C22H24N4. The van der Waals surface area contributed by atoms with Crippen LogP contribution in [0.3, 0.4) is 0 Å². The van der Waals surface area contributed by atoms with Gasteiger partial charge in [0.2, 0.25) is 0 Å². The predicted molar refractivity (Wildman–Crippen MR) is 106 cm³/mol. The Morgan fingerprint density at radius 2 is 2.00 bits per heavy atom. The summed E-state index contributed by atoms with van der Waals surface area (Å²) in [7, 11) is 0. The van der Waals surface area contributed by atoms with Crippen LogP contribution in [0.1, 0.15) is 30.5 Å². The van der Waals surface area contributed by atoms with Crippen molar-refractivity contribution in [3.63, 3.8) is 0 Å². The van der Waals surface area contributed by atoms with E-state index in [2.05, 4.69) is 34.1 Å². The lowest BCUT2D eigenvalue weighted by Crippen LogP contribution is -2.28. The Balaban J connectivity index is 1.73. The molecule has 3 aromatic rings. The molecule has 1 aliphatic carbocycles. The van der Waals surface area contributed by atoms with Crippen molar-refractivity contribution < 1.29 is 0 Å². The number of pyridine rings is 2. The molecule has 0 bridgehead atoms. The highest BCUT2D eigenvalue weighted by Crippen LogP contribution is 2.38. The van der Waals surface area contributed by atoms with Crippen LogP contribution in [0.5, 0.6) is 0 Å². The van der Waals surface area contributed by atoms with E-state index >= 15 is 0 Å². The molecule has 3 heterocycles. The van der Waals surface area contributed by atoms with Crippen LogP contribution in [-0.4, -0.2) is 29.1 Å². The molecule has 1 fully saturated rings. The fourth-order valence-corrected chi connectivity index (χ4v) is 4.46. The molecule has 2 aliphatic rings. The summed E-state index contributed by atoms with van der Waals surface area (Å²) in [5.41, 5.74) is 13.8. The highest BCUT2D eigenvalue weighted by molar-refractivity contribution is 5.97. The Bertz CT molecular complexity index is 951. The smallest absolute Gasteiger partial charge is 0.0726 e. The number of nitrogens with two attached hydrogens (primary N) is 1. The molecule has 1 aromatic carbocycles. The Hall–Kier alpha value is -2.46. The Kier molecular flexibility index (Phi) is 3.86. The molecule has 1 atom stereocenters. The second-order valence-corrected chi connectivity index (χ2v) is 7.56. The summed E-state index contributed by atoms with van der Waals surface area (Å²) in [6, 6.07) is 11.0. The van der Waals surface area contributed by atoms with Gasteiger partial charge in [0.1, 0.15) is 0 Å². The Morgan fingerprint density at radius 3 is 2.81 bits per heavy atom. The van der Waals surface area contributed by atoms with Crippen LogP contribution in [0.15, 0.2) is 42.7 Å². The third-order valence-electron chi connectivity index (χ3n) is 5.77. The number of fused-ring (bicyclic) bond motifs is 2. The third kappa shape index (κ3) is 2.65. The van der Waals surface area contributed by atoms with Crippen molar-refractivity contribution in [3.05, 3.63) is 54.0 Å². The van der Waals surface area contributed by atoms with Crippen molar-refractivity contribution in [1.29, 1.82) is 0 Å². The highest BCUT2D eigenvalue weighted by Gasteiger charge is 2.26. The zero-order valence-corrected chi connectivity index (χ0v) is 15.0. The van der Waals surface area contributed by atoms with Crippen LogP contribution in [0.2, 0.25) is 0 Å². The molecule has 1 aliphatic heterocycles. The van der Waals surface area contributed by atoms with Crippen LogP contribution < -0.4 is 10.6 Å². The van der Waals surface area contributed by atoms with E-state index in [4.69, 9.17) is 10.7 Å². The predicted octanol–water partition coefficient (Wildman–Crippen LogP) is 3.71. The van der Waals surface area contributed by atoms with Gasteiger partial charge in [-0.15, -0.1) is 0 Å². The fourth-order valence-electron chi connectivity index (χ4n) is 4.46. The maximum absolute atomic E-state index is 6.24. The van der Waals surface area contributed by atoms with E-state index in [0.29, 0.717) is 0 Å². The lowest BCUT2D eigenvalue weighted by Gasteiger charge is -2.28. The molecule has 1 saturated heterocycles. The number of rotatable bonds is 2. The summed E-state index contributed by atoms with van der Waals surface area (Å²) in [6.45, 7) is 1.99. The quantitative estimate of drug-likeness (QED) is 0.770. The standard InChI is InChI=1S/C22H24N4/c23-17-9-11-26(14-17)22-18-5-1-2-6-20(18)25-21-8-7-15(12-19(21)22)16-4-3-10-24-13-16/h3-4,7-8,10,12-13,17H,1-2,5-6,9,11,14,23H2/t17-/m0/s1. The Labute approximate surface area is 154 Å². The average molecular weight is 344 g/mol. The molecule has 0 unspecified atom stereocenters. The zero-order chi connectivity index (χ0) is 17.5. The van der Waals surface area contributed by atoms with Crippen molar-refractivity contribution in [3.8, 4) is 11.1 Å². The highest BCUT2D eigenvalue weighted by atomic mass is 15.2. The summed E-state index contributed by atoms with van der Waals surface area (Å²) >= 11 is 0. The average Bonchev–Trinajstić information content (AvgIpc) is 3.12. The van der Waals surface area contributed by atoms with E-state index in [9.17, 15) is 0 Å². The van der Waals surface area contributed by atoms with Crippen molar-refractivity contribution in [1.82, 2.24) is 9.97 Å². The van der Waals surface area contributed by atoms with Crippen LogP contribution >= 0.6 is 0 Å².